The Balaban J connectivity index is 3.04. The van der Waals surface area contributed by atoms with Gasteiger partial charge in [-0.25, -0.2) is 0 Å². The minimum Gasteiger partial charge on any atom is -0.444 e. The second-order valence-corrected chi connectivity index (χ2v) is 4.80. The zero-order chi connectivity index (χ0) is 12.5. The Bertz CT molecular complexity index is 459. The number of amides is 1. The van der Waals surface area contributed by atoms with Gasteiger partial charge in [0.1, 0.15) is 17.4 Å². The number of anilines is 1. The normalized spacial score (nSPS) is 11.0. The van der Waals surface area contributed by atoms with Crippen LogP contribution in [0.2, 0.25) is 0 Å². The molecule has 0 saturated carbocycles. The fourth-order valence-corrected chi connectivity index (χ4v) is 1.14. The zero-order valence-corrected chi connectivity index (χ0v) is 10.3. The first kappa shape index (κ1) is 12.3. The first-order valence-corrected chi connectivity index (χ1v) is 5.09. The van der Waals surface area contributed by atoms with E-state index in [4.69, 9.17) is 9.68 Å². The Kier molecular flexibility index (Phi) is 3.09. The van der Waals surface area contributed by atoms with E-state index in [0.29, 0.717) is 11.3 Å². The molecule has 0 aliphatic rings. The number of hydrogen-bond acceptors (Lipinski definition) is 3. The van der Waals surface area contributed by atoms with Crippen LogP contribution in [0.1, 0.15) is 37.7 Å². The summed E-state index contributed by atoms with van der Waals surface area (Å²) in [7, 11) is 0. The molecule has 0 aliphatic heterocycles. The highest BCUT2D eigenvalue weighted by Crippen LogP contribution is 2.27. The number of carbonyl (C=O) groups is 1. The van der Waals surface area contributed by atoms with Crippen LogP contribution in [-0.2, 0) is 4.79 Å². The predicted octanol–water partition coefficient (Wildman–Crippen LogP) is 2.75. The minimum atomic E-state index is -0.513. The monoisotopic (exact) mass is 220 g/mol. The Morgan fingerprint density at radius 1 is 1.38 bits per heavy atom. The van der Waals surface area contributed by atoms with Gasteiger partial charge in [-0.15, -0.1) is 0 Å². The van der Waals surface area contributed by atoms with Crippen molar-refractivity contribution >= 4 is 11.8 Å². The van der Waals surface area contributed by atoms with Gasteiger partial charge in [0.25, 0.3) is 0 Å². The summed E-state index contributed by atoms with van der Waals surface area (Å²) in [5.41, 5.74) is 0.656. The minimum absolute atomic E-state index is 0.169. The van der Waals surface area contributed by atoms with Crippen LogP contribution < -0.4 is 5.32 Å². The molecule has 1 aromatic rings. The highest BCUT2D eigenvalue weighted by atomic mass is 16.4. The summed E-state index contributed by atoms with van der Waals surface area (Å²) in [4.78, 5) is 11.7. The number of rotatable bonds is 1. The van der Waals surface area contributed by atoms with E-state index in [9.17, 15) is 4.79 Å². The topological polar surface area (TPSA) is 66.0 Å². The lowest BCUT2D eigenvalue weighted by Gasteiger charge is -2.16. The molecule has 0 aliphatic carbocycles. The van der Waals surface area contributed by atoms with E-state index >= 15 is 0 Å². The molecule has 1 heterocycles. The van der Waals surface area contributed by atoms with Crippen LogP contribution in [0.5, 0.6) is 0 Å². The average molecular weight is 220 g/mol. The van der Waals surface area contributed by atoms with Crippen LogP contribution >= 0.6 is 0 Å². The number of nitrogens with one attached hydrogen (secondary N) is 1. The molecular formula is C12H16N2O2. The quantitative estimate of drug-likeness (QED) is 0.791. The lowest BCUT2D eigenvalue weighted by atomic mass is 9.96. The van der Waals surface area contributed by atoms with Crippen LogP contribution in [0.25, 0.3) is 0 Å². The predicted molar refractivity (Wildman–Crippen MR) is 61.0 cm³/mol. The van der Waals surface area contributed by atoms with Crippen molar-refractivity contribution < 1.29 is 9.21 Å². The van der Waals surface area contributed by atoms with E-state index in [1.165, 1.54) is 0 Å². The molecule has 0 aromatic carbocycles. The lowest BCUT2D eigenvalue weighted by Crippen LogP contribution is -2.27. The van der Waals surface area contributed by atoms with Crippen molar-refractivity contribution in [2.75, 3.05) is 5.32 Å². The number of nitrogens with zero attached hydrogens (tertiary/aromatic N) is 1. The largest absolute Gasteiger partial charge is 0.444 e. The van der Waals surface area contributed by atoms with Gasteiger partial charge in [0, 0.05) is 11.0 Å². The SMILES string of the molecule is Cc1oc(NC(=O)C(C)(C)C)c(C#N)c1C. The van der Waals surface area contributed by atoms with Crippen molar-refractivity contribution in [2.45, 2.75) is 34.6 Å². The van der Waals surface area contributed by atoms with Gasteiger partial charge in [-0.3, -0.25) is 10.1 Å². The van der Waals surface area contributed by atoms with E-state index in [-0.39, 0.29) is 11.8 Å². The summed E-state index contributed by atoms with van der Waals surface area (Å²) >= 11 is 0. The van der Waals surface area contributed by atoms with Gasteiger partial charge in [0.2, 0.25) is 11.8 Å². The third-order valence-corrected chi connectivity index (χ3v) is 2.41. The van der Waals surface area contributed by atoms with E-state index in [1.807, 2.05) is 6.07 Å². The maximum atomic E-state index is 11.7. The van der Waals surface area contributed by atoms with Crippen molar-refractivity contribution in [2.24, 2.45) is 5.41 Å². The van der Waals surface area contributed by atoms with Gasteiger partial charge in [-0.05, 0) is 13.8 Å². The van der Waals surface area contributed by atoms with Gasteiger partial charge in [0.15, 0.2) is 0 Å². The second-order valence-electron chi connectivity index (χ2n) is 4.80. The Morgan fingerprint density at radius 2 is 1.94 bits per heavy atom. The number of carbonyl (C=O) groups excluding carboxylic acids is 1. The molecular weight excluding hydrogens is 204 g/mol. The first-order valence-electron chi connectivity index (χ1n) is 5.09. The van der Waals surface area contributed by atoms with E-state index in [2.05, 4.69) is 5.32 Å². The Labute approximate surface area is 95.2 Å². The summed E-state index contributed by atoms with van der Waals surface area (Å²) in [6.07, 6.45) is 0. The zero-order valence-electron chi connectivity index (χ0n) is 10.3. The molecule has 0 radical (unpaired) electrons. The van der Waals surface area contributed by atoms with Crippen LogP contribution in [-0.4, -0.2) is 5.91 Å². The molecule has 16 heavy (non-hydrogen) atoms. The van der Waals surface area contributed by atoms with Crippen molar-refractivity contribution in [3.05, 3.63) is 16.9 Å². The third kappa shape index (κ3) is 2.25. The van der Waals surface area contributed by atoms with Crippen LogP contribution in [0.3, 0.4) is 0 Å². The molecule has 0 unspecified atom stereocenters. The highest BCUT2D eigenvalue weighted by Gasteiger charge is 2.24. The summed E-state index contributed by atoms with van der Waals surface area (Å²) in [6.45, 7) is 8.97. The van der Waals surface area contributed by atoms with Gasteiger partial charge in [-0.2, -0.15) is 5.26 Å². The number of furan rings is 1. The number of hydrogen-bond donors (Lipinski definition) is 1. The van der Waals surface area contributed by atoms with E-state index in [1.54, 1.807) is 34.6 Å². The number of nitriles is 1. The smallest absolute Gasteiger partial charge is 0.232 e. The van der Waals surface area contributed by atoms with Crippen molar-refractivity contribution in [3.63, 3.8) is 0 Å². The molecule has 4 nitrogen and oxygen atoms in total. The van der Waals surface area contributed by atoms with Crippen molar-refractivity contribution in [1.82, 2.24) is 0 Å². The molecule has 0 spiro atoms. The average Bonchev–Trinajstić information content (AvgIpc) is 2.41. The third-order valence-electron chi connectivity index (χ3n) is 2.41. The highest BCUT2D eigenvalue weighted by molar-refractivity contribution is 5.94. The van der Waals surface area contributed by atoms with Crippen molar-refractivity contribution in [3.8, 4) is 6.07 Å². The molecule has 86 valence electrons. The maximum Gasteiger partial charge on any atom is 0.232 e. The fraction of sp³-hybridized carbons (Fsp3) is 0.500. The van der Waals surface area contributed by atoms with Crippen molar-refractivity contribution in [1.29, 1.82) is 5.26 Å². The summed E-state index contributed by atoms with van der Waals surface area (Å²) in [5, 5.41) is 11.6. The van der Waals surface area contributed by atoms with E-state index in [0.717, 1.165) is 5.56 Å². The summed E-state index contributed by atoms with van der Waals surface area (Å²) in [5.74, 6) is 0.732. The van der Waals surface area contributed by atoms with Crippen LogP contribution in [0.4, 0.5) is 5.88 Å². The summed E-state index contributed by atoms with van der Waals surface area (Å²) < 4.78 is 5.35. The molecule has 0 bridgehead atoms. The lowest BCUT2D eigenvalue weighted by molar-refractivity contribution is -0.123. The van der Waals surface area contributed by atoms with Gasteiger partial charge in [-0.1, -0.05) is 20.8 Å². The van der Waals surface area contributed by atoms with Gasteiger partial charge in [0.05, 0.1) is 0 Å². The fourth-order valence-electron chi connectivity index (χ4n) is 1.14. The van der Waals surface area contributed by atoms with Gasteiger partial charge >= 0.3 is 0 Å². The Hall–Kier alpha value is -1.76. The molecule has 1 rings (SSSR count). The molecule has 0 atom stereocenters. The van der Waals surface area contributed by atoms with Crippen LogP contribution in [0, 0.1) is 30.6 Å². The molecule has 1 amide bonds. The van der Waals surface area contributed by atoms with E-state index < -0.39 is 5.41 Å². The molecule has 0 saturated heterocycles. The van der Waals surface area contributed by atoms with Gasteiger partial charge < -0.3 is 4.42 Å². The summed E-state index contributed by atoms with van der Waals surface area (Å²) in [6, 6.07) is 2.03. The second kappa shape index (κ2) is 4.01. The molecule has 1 aromatic heterocycles. The standard InChI is InChI=1S/C12H16N2O2/c1-7-8(2)16-10(9(7)6-13)14-11(15)12(3,4)5/h1-5H3,(H,14,15). The molecule has 0 fully saturated rings. The van der Waals surface area contributed by atoms with Crippen LogP contribution in [0.15, 0.2) is 4.42 Å². The number of aryl methyl sites for hydroxylation is 1. The maximum absolute atomic E-state index is 11.7. The molecule has 4 heteroatoms. The Morgan fingerprint density at radius 3 is 2.38 bits per heavy atom. The molecule has 1 N–H and O–H groups in total. The first-order chi connectivity index (χ1) is 7.27.